The van der Waals surface area contributed by atoms with Crippen LogP contribution >= 0.6 is 15.9 Å². The monoisotopic (exact) mass is 156 g/mol. The molecule has 1 heterocycles. The predicted molar refractivity (Wildman–Crippen MR) is 30.8 cm³/mol. The summed E-state index contributed by atoms with van der Waals surface area (Å²) in [5.41, 5.74) is 0. The highest BCUT2D eigenvalue weighted by Gasteiger charge is 1.76. The SMILES string of the molecule is Brc1c[c]cnc1. The second-order valence-electron chi connectivity index (χ2n) is 1.10. The molecule has 35 valence electrons. The Balaban J connectivity index is 3.02. The minimum atomic E-state index is 0.968. The molecule has 0 atom stereocenters. The van der Waals surface area contributed by atoms with Gasteiger partial charge in [0.25, 0.3) is 0 Å². The molecular formula is C5H3BrN. The van der Waals surface area contributed by atoms with E-state index in [-0.39, 0.29) is 0 Å². The maximum atomic E-state index is 3.78. The molecule has 7 heavy (non-hydrogen) atoms. The average Bonchev–Trinajstić information content (AvgIpc) is 1.69. The van der Waals surface area contributed by atoms with E-state index in [0.717, 1.165) is 4.47 Å². The van der Waals surface area contributed by atoms with Crippen molar-refractivity contribution in [3.8, 4) is 0 Å². The van der Waals surface area contributed by atoms with E-state index in [2.05, 4.69) is 27.0 Å². The lowest BCUT2D eigenvalue weighted by Gasteiger charge is -1.79. The van der Waals surface area contributed by atoms with Crippen molar-refractivity contribution in [1.82, 2.24) is 4.98 Å². The minimum absolute atomic E-state index is 0.968. The van der Waals surface area contributed by atoms with Crippen molar-refractivity contribution in [1.29, 1.82) is 0 Å². The second kappa shape index (κ2) is 2.07. The van der Waals surface area contributed by atoms with Crippen LogP contribution in [0, 0.1) is 6.07 Å². The first-order chi connectivity index (χ1) is 3.39. The van der Waals surface area contributed by atoms with Gasteiger partial charge in [-0.05, 0) is 22.0 Å². The molecule has 1 aromatic rings. The number of halogens is 1. The van der Waals surface area contributed by atoms with E-state index in [0.29, 0.717) is 0 Å². The Hall–Kier alpha value is -0.370. The first-order valence-electron chi connectivity index (χ1n) is 1.86. The summed E-state index contributed by atoms with van der Waals surface area (Å²) in [6.07, 6.45) is 3.33. The first-order valence-corrected chi connectivity index (χ1v) is 2.65. The number of aromatic nitrogens is 1. The molecule has 1 nitrogen and oxygen atoms in total. The van der Waals surface area contributed by atoms with Crippen LogP contribution in [0.5, 0.6) is 0 Å². The molecule has 0 fully saturated rings. The quantitative estimate of drug-likeness (QED) is 0.557. The predicted octanol–water partition coefficient (Wildman–Crippen LogP) is 1.64. The Morgan fingerprint density at radius 2 is 2.57 bits per heavy atom. The molecule has 0 aromatic carbocycles. The summed E-state index contributed by atoms with van der Waals surface area (Å²) in [4.78, 5) is 3.78. The van der Waals surface area contributed by atoms with E-state index in [1.54, 1.807) is 12.4 Å². The maximum Gasteiger partial charge on any atom is 0.0410 e. The van der Waals surface area contributed by atoms with E-state index in [4.69, 9.17) is 0 Å². The van der Waals surface area contributed by atoms with Crippen LogP contribution in [-0.2, 0) is 0 Å². The van der Waals surface area contributed by atoms with Crippen LogP contribution in [0.4, 0.5) is 0 Å². The van der Waals surface area contributed by atoms with Crippen molar-refractivity contribution in [3.05, 3.63) is 29.0 Å². The molecule has 0 unspecified atom stereocenters. The molecular weight excluding hydrogens is 154 g/mol. The van der Waals surface area contributed by atoms with Crippen molar-refractivity contribution in [2.75, 3.05) is 0 Å². The van der Waals surface area contributed by atoms with Crippen molar-refractivity contribution < 1.29 is 0 Å². The number of hydrogen-bond donors (Lipinski definition) is 0. The van der Waals surface area contributed by atoms with Gasteiger partial charge in [-0.1, -0.05) is 0 Å². The van der Waals surface area contributed by atoms with Crippen LogP contribution in [0.15, 0.2) is 22.9 Å². The third-order valence-corrected chi connectivity index (χ3v) is 1.00. The van der Waals surface area contributed by atoms with E-state index >= 15 is 0 Å². The minimum Gasteiger partial charge on any atom is -0.263 e. The molecule has 1 rings (SSSR count). The van der Waals surface area contributed by atoms with Crippen LogP contribution in [0.2, 0.25) is 0 Å². The van der Waals surface area contributed by atoms with Gasteiger partial charge in [-0.3, -0.25) is 4.98 Å². The van der Waals surface area contributed by atoms with Gasteiger partial charge in [-0.2, -0.15) is 0 Å². The van der Waals surface area contributed by atoms with Gasteiger partial charge in [0.15, 0.2) is 0 Å². The lowest BCUT2D eigenvalue weighted by atomic mass is 10.5. The molecule has 0 spiro atoms. The summed E-state index contributed by atoms with van der Waals surface area (Å²) in [5.74, 6) is 0. The summed E-state index contributed by atoms with van der Waals surface area (Å²) in [6, 6.07) is 4.62. The molecule has 0 saturated heterocycles. The number of rotatable bonds is 0. The molecule has 0 N–H and O–H groups in total. The average molecular weight is 157 g/mol. The van der Waals surface area contributed by atoms with Crippen LogP contribution < -0.4 is 0 Å². The third-order valence-electron chi connectivity index (χ3n) is 0.568. The standard InChI is InChI=1S/C5H3BrN/c6-5-2-1-3-7-4-5/h2-4H. The molecule has 1 aromatic heterocycles. The summed E-state index contributed by atoms with van der Waals surface area (Å²) < 4.78 is 0.968. The molecule has 0 aliphatic heterocycles. The van der Waals surface area contributed by atoms with Crippen LogP contribution in [-0.4, -0.2) is 4.98 Å². The Bertz CT molecular complexity index is 138. The van der Waals surface area contributed by atoms with Gasteiger partial charge in [0, 0.05) is 22.9 Å². The molecule has 1 radical (unpaired) electrons. The Kier molecular flexibility index (Phi) is 1.42. The van der Waals surface area contributed by atoms with Crippen molar-refractivity contribution >= 4 is 15.9 Å². The van der Waals surface area contributed by atoms with Gasteiger partial charge in [-0.15, -0.1) is 0 Å². The topological polar surface area (TPSA) is 12.9 Å². The summed E-state index contributed by atoms with van der Waals surface area (Å²) in [6.45, 7) is 0. The summed E-state index contributed by atoms with van der Waals surface area (Å²) >= 11 is 3.22. The third kappa shape index (κ3) is 1.27. The molecule has 0 amide bonds. The highest BCUT2D eigenvalue weighted by Crippen LogP contribution is 2.02. The zero-order valence-electron chi connectivity index (χ0n) is 3.56. The van der Waals surface area contributed by atoms with Gasteiger partial charge in [0.1, 0.15) is 0 Å². The van der Waals surface area contributed by atoms with Crippen LogP contribution in [0.1, 0.15) is 0 Å². The summed E-state index contributed by atoms with van der Waals surface area (Å²) in [5, 5.41) is 0. The lowest BCUT2D eigenvalue weighted by molar-refractivity contribution is 1.30. The van der Waals surface area contributed by atoms with Gasteiger partial charge < -0.3 is 0 Å². The normalized spacial score (nSPS) is 8.71. The van der Waals surface area contributed by atoms with E-state index in [1.165, 1.54) is 0 Å². The van der Waals surface area contributed by atoms with Gasteiger partial charge in [0.2, 0.25) is 0 Å². The van der Waals surface area contributed by atoms with Gasteiger partial charge in [-0.25, -0.2) is 0 Å². The smallest absolute Gasteiger partial charge is 0.0410 e. The molecule has 0 bridgehead atoms. The van der Waals surface area contributed by atoms with Crippen molar-refractivity contribution in [3.63, 3.8) is 0 Å². The lowest BCUT2D eigenvalue weighted by Crippen LogP contribution is -1.65. The largest absolute Gasteiger partial charge is 0.263 e. The molecule has 0 aliphatic carbocycles. The number of nitrogens with zero attached hydrogens (tertiary/aromatic N) is 1. The van der Waals surface area contributed by atoms with Crippen LogP contribution in [0.3, 0.4) is 0 Å². The Morgan fingerprint density at radius 1 is 1.71 bits per heavy atom. The zero-order valence-corrected chi connectivity index (χ0v) is 5.14. The van der Waals surface area contributed by atoms with E-state index < -0.39 is 0 Å². The zero-order chi connectivity index (χ0) is 5.11. The van der Waals surface area contributed by atoms with Crippen molar-refractivity contribution in [2.24, 2.45) is 0 Å². The van der Waals surface area contributed by atoms with E-state index in [9.17, 15) is 0 Å². The fourth-order valence-corrected chi connectivity index (χ4v) is 0.556. The van der Waals surface area contributed by atoms with Gasteiger partial charge in [0.05, 0.1) is 0 Å². The molecule has 0 saturated carbocycles. The molecule has 2 heteroatoms. The van der Waals surface area contributed by atoms with Gasteiger partial charge >= 0.3 is 0 Å². The Labute approximate surface area is 50.5 Å². The maximum absolute atomic E-state index is 3.78. The van der Waals surface area contributed by atoms with E-state index in [1.807, 2.05) is 6.07 Å². The van der Waals surface area contributed by atoms with Crippen LogP contribution in [0.25, 0.3) is 0 Å². The number of pyridine rings is 1. The fraction of sp³-hybridized carbons (Fsp3) is 0. The highest BCUT2D eigenvalue weighted by molar-refractivity contribution is 9.10. The highest BCUT2D eigenvalue weighted by atomic mass is 79.9. The summed E-state index contributed by atoms with van der Waals surface area (Å²) in [7, 11) is 0. The molecule has 0 aliphatic rings. The van der Waals surface area contributed by atoms with Crippen molar-refractivity contribution in [2.45, 2.75) is 0 Å². The number of hydrogen-bond acceptors (Lipinski definition) is 1. The fourth-order valence-electron chi connectivity index (χ4n) is 0.306. The first kappa shape index (κ1) is 4.78. The Morgan fingerprint density at radius 3 is 2.86 bits per heavy atom. The second-order valence-corrected chi connectivity index (χ2v) is 2.02.